The number of halogens is 7. The first-order valence-corrected chi connectivity index (χ1v) is 10.4. The van der Waals surface area contributed by atoms with Crippen LogP contribution in [-0.4, -0.2) is 42.8 Å². The Balaban J connectivity index is 2.00. The molecule has 9 nitrogen and oxygen atoms in total. The van der Waals surface area contributed by atoms with Crippen molar-refractivity contribution in [3.05, 3.63) is 11.5 Å². The highest BCUT2D eigenvalue weighted by Gasteiger charge is 2.58. The first-order valence-electron chi connectivity index (χ1n) is 8.44. The standard InChI is InChI=1S/C14H15ClF6N5O4P/c15-8-7-9(25-10(22)24-8)26(6-23-7)5-11(1-2-11)30-12(31(27,28)29,3-13(16,17)18)4-14(19,20)21/h6H,1-5H2,(H2,22,24,25)(H2,27,28,29)/p-2. The van der Waals surface area contributed by atoms with E-state index in [1.165, 1.54) is 4.57 Å². The van der Waals surface area contributed by atoms with Crippen LogP contribution in [0.1, 0.15) is 25.7 Å². The molecule has 0 aromatic carbocycles. The van der Waals surface area contributed by atoms with Crippen LogP contribution in [0.2, 0.25) is 5.15 Å². The Bertz CT molecular complexity index is 1020. The number of imidazole rings is 1. The third kappa shape index (κ3) is 5.40. The molecule has 31 heavy (non-hydrogen) atoms. The highest BCUT2D eigenvalue weighted by Crippen LogP contribution is 2.60. The molecule has 3 rings (SSSR count). The molecule has 2 aromatic rings. The number of hydrogen-bond donors (Lipinski definition) is 1. The van der Waals surface area contributed by atoms with Gasteiger partial charge in [0.1, 0.15) is 10.9 Å². The molecule has 0 atom stereocenters. The number of nitrogens with two attached hydrogens (primary N) is 1. The van der Waals surface area contributed by atoms with Crippen molar-refractivity contribution in [3.63, 3.8) is 0 Å². The lowest BCUT2D eigenvalue weighted by Gasteiger charge is -2.51. The first kappa shape index (κ1) is 24.0. The van der Waals surface area contributed by atoms with Crippen molar-refractivity contribution in [2.45, 2.75) is 55.5 Å². The second kappa shape index (κ2) is 7.44. The summed E-state index contributed by atoms with van der Waals surface area (Å²) in [6.45, 7) is -0.451. The molecule has 0 spiro atoms. The molecule has 1 fully saturated rings. The summed E-state index contributed by atoms with van der Waals surface area (Å²) in [6.07, 6.45) is -15.2. The molecular formula is C14H13ClF6N5O4P-2. The lowest BCUT2D eigenvalue weighted by molar-refractivity contribution is -0.347. The van der Waals surface area contributed by atoms with E-state index in [2.05, 4.69) is 15.0 Å². The summed E-state index contributed by atoms with van der Waals surface area (Å²) >= 11 is 5.87. The number of hydrogen-bond acceptors (Lipinski definition) is 8. The lowest BCUT2D eigenvalue weighted by Crippen LogP contribution is -2.51. The van der Waals surface area contributed by atoms with E-state index >= 15 is 0 Å². The molecule has 2 N–H and O–H groups in total. The average molecular weight is 496 g/mol. The first-order chi connectivity index (χ1) is 13.9. The van der Waals surface area contributed by atoms with Crippen LogP contribution in [0.3, 0.4) is 0 Å². The molecule has 0 radical (unpaired) electrons. The molecule has 174 valence electrons. The zero-order valence-corrected chi connectivity index (χ0v) is 16.9. The minimum Gasteiger partial charge on any atom is -0.809 e. The predicted molar refractivity (Wildman–Crippen MR) is 89.5 cm³/mol. The second-order valence-electron chi connectivity index (χ2n) is 7.23. The molecule has 2 aromatic heterocycles. The number of aromatic nitrogens is 4. The lowest BCUT2D eigenvalue weighted by atomic mass is 10.1. The zero-order valence-electron chi connectivity index (χ0n) is 15.2. The van der Waals surface area contributed by atoms with E-state index in [4.69, 9.17) is 22.1 Å². The Kier molecular flexibility index (Phi) is 5.76. The molecule has 0 unspecified atom stereocenters. The molecule has 1 aliphatic rings. The van der Waals surface area contributed by atoms with Crippen molar-refractivity contribution in [2.75, 3.05) is 5.73 Å². The number of rotatable bonds is 7. The molecule has 2 heterocycles. The third-order valence-corrected chi connectivity index (χ3v) is 6.23. The molecular weight excluding hydrogens is 483 g/mol. The highest BCUT2D eigenvalue weighted by molar-refractivity contribution is 7.50. The van der Waals surface area contributed by atoms with Crippen molar-refractivity contribution in [1.82, 2.24) is 19.5 Å². The van der Waals surface area contributed by atoms with Crippen molar-refractivity contribution in [1.29, 1.82) is 0 Å². The summed E-state index contributed by atoms with van der Waals surface area (Å²) in [5.41, 5.74) is 3.72. The predicted octanol–water partition coefficient (Wildman–Crippen LogP) is 2.13. The van der Waals surface area contributed by atoms with Gasteiger partial charge in [0.05, 0.1) is 31.3 Å². The van der Waals surface area contributed by atoms with Crippen LogP contribution in [0, 0.1) is 0 Å². The average Bonchev–Trinajstić information content (AvgIpc) is 3.14. The van der Waals surface area contributed by atoms with Gasteiger partial charge in [-0.2, -0.15) is 36.3 Å². The van der Waals surface area contributed by atoms with Crippen LogP contribution in [-0.2, 0) is 15.8 Å². The van der Waals surface area contributed by atoms with Gasteiger partial charge in [0.2, 0.25) is 5.95 Å². The molecule has 0 bridgehead atoms. The number of anilines is 1. The molecule has 17 heteroatoms. The van der Waals surface area contributed by atoms with Gasteiger partial charge in [-0.15, -0.1) is 0 Å². The monoisotopic (exact) mass is 495 g/mol. The Labute approximate surface area is 174 Å². The topological polar surface area (TPSA) is 142 Å². The van der Waals surface area contributed by atoms with E-state index in [1.807, 2.05) is 0 Å². The van der Waals surface area contributed by atoms with Crippen molar-refractivity contribution >= 4 is 36.3 Å². The molecule has 1 saturated carbocycles. The fourth-order valence-electron chi connectivity index (χ4n) is 3.20. The van der Waals surface area contributed by atoms with Crippen molar-refractivity contribution in [3.8, 4) is 0 Å². The minimum absolute atomic E-state index is 0.00273. The Morgan fingerprint density at radius 3 is 2.16 bits per heavy atom. The largest absolute Gasteiger partial charge is 0.809 e. The van der Waals surface area contributed by atoms with Gasteiger partial charge in [-0.05, 0) is 20.4 Å². The summed E-state index contributed by atoms with van der Waals surface area (Å²) in [6, 6.07) is 0. The van der Waals surface area contributed by atoms with Crippen molar-refractivity contribution in [2.24, 2.45) is 0 Å². The fraction of sp³-hybridized carbons (Fsp3) is 0.643. The van der Waals surface area contributed by atoms with Gasteiger partial charge in [-0.3, -0.25) is 0 Å². The number of fused-ring (bicyclic) bond motifs is 1. The van der Waals surface area contributed by atoms with Gasteiger partial charge in [-0.25, -0.2) is 4.98 Å². The number of nitrogens with zero attached hydrogens (tertiary/aromatic N) is 4. The van der Waals surface area contributed by atoms with E-state index in [-0.39, 0.29) is 35.1 Å². The van der Waals surface area contributed by atoms with E-state index in [1.54, 1.807) is 0 Å². The number of nitrogen functional groups attached to an aromatic ring is 1. The maximum absolute atomic E-state index is 13.0. The minimum atomic E-state index is -6.56. The van der Waals surface area contributed by atoms with Crippen LogP contribution < -0.4 is 15.5 Å². The van der Waals surface area contributed by atoms with E-state index in [9.17, 15) is 40.7 Å². The maximum Gasteiger partial charge on any atom is 0.392 e. The van der Waals surface area contributed by atoms with Gasteiger partial charge in [-0.1, -0.05) is 11.6 Å². The Hall–Kier alpha value is -1.67. The van der Waals surface area contributed by atoms with Gasteiger partial charge in [0.25, 0.3) is 0 Å². The highest BCUT2D eigenvalue weighted by atomic mass is 35.5. The Morgan fingerprint density at radius 1 is 1.16 bits per heavy atom. The van der Waals surface area contributed by atoms with Crippen LogP contribution >= 0.6 is 19.2 Å². The zero-order chi connectivity index (χ0) is 23.5. The van der Waals surface area contributed by atoms with Gasteiger partial charge >= 0.3 is 12.4 Å². The Morgan fingerprint density at radius 2 is 1.71 bits per heavy atom. The molecule has 0 aliphatic heterocycles. The summed E-state index contributed by atoms with van der Waals surface area (Å²) in [5.74, 6) is -0.280. The van der Waals surface area contributed by atoms with Crippen LogP contribution in [0.4, 0.5) is 32.3 Å². The quantitative estimate of drug-likeness (QED) is 0.350. The summed E-state index contributed by atoms with van der Waals surface area (Å²) in [5, 5.41) is -4.22. The number of alkyl halides is 6. The van der Waals surface area contributed by atoms with Crippen LogP contribution in [0.15, 0.2) is 6.33 Å². The third-order valence-electron chi connectivity index (χ3n) is 4.56. The van der Waals surface area contributed by atoms with E-state index in [0.717, 1.165) is 6.33 Å². The van der Waals surface area contributed by atoms with E-state index < -0.39 is 50.3 Å². The van der Waals surface area contributed by atoms with Gasteiger partial charge in [0, 0.05) is 0 Å². The number of ether oxygens (including phenoxy) is 1. The normalized spacial score (nSPS) is 17.3. The van der Waals surface area contributed by atoms with Gasteiger partial charge in [0.15, 0.2) is 10.8 Å². The van der Waals surface area contributed by atoms with Crippen molar-refractivity contribution < 1.29 is 45.4 Å². The van der Waals surface area contributed by atoms with Crippen LogP contribution in [0.5, 0.6) is 0 Å². The maximum atomic E-state index is 13.0. The summed E-state index contributed by atoms with van der Waals surface area (Å²) < 4.78 is 95.9. The van der Waals surface area contributed by atoms with Crippen LogP contribution in [0.25, 0.3) is 11.2 Å². The summed E-state index contributed by atoms with van der Waals surface area (Å²) in [4.78, 5) is 34.8. The molecule has 0 amide bonds. The molecule has 1 aliphatic carbocycles. The smallest absolute Gasteiger partial charge is 0.392 e. The summed E-state index contributed by atoms with van der Waals surface area (Å²) in [7, 11) is -6.56. The molecule has 0 saturated heterocycles. The van der Waals surface area contributed by atoms with E-state index in [0.29, 0.717) is 0 Å². The fourth-order valence-corrected chi connectivity index (χ4v) is 4.47. The van der Waals surface area contributed by atoms with Gasteiger partial charge < -0.3 is 29.4 Å². The SMILES string of the molecule is Nc1nc(Cl)c2ncn(CC3(OC(CC(F)(F)F)(CC(F)(F)F)P(=O)([O-])[O-])CC3)c2n1. The second-order valence-corrected chi connectivity index (χ2v) is 9.40.